The van der Waals surface area contributed by atoms with Crippen LogP contribution in [0.2, 0.25) is 10.0 Å². The summed E-state index contributed by atoms with van der Waals surface area (Å²) in [7, 11) is -1.82. The van der Waals surface area contributed by atoms with Gasteiger partial charge in [0, 0.05) is 10.7 Å². The first-order chi connectivity index (χ1) is 9.52. The zero-order valence-electron chi connectivity index (χ0n) is 11.4. The van der Waals surface area contributed by atoms with E-state index in [9.17, 15) is 4.57 Å². The van der Waals surface area contributed by atoms with Gasteiger partial charge in [-0.2, -0.15) is 5.09 Å². The van der Waals surface area contributed by atoms with E-state index in [0.29, 0.717) is 16.7 Å². The average molecular weight is 353 g/mol. The summed E-state index contributed by atoms with van der Waals surface area (Å²) >= 11 is 13.4. The molecule has 7 heteroatoms. The molecular weight excluding hydrogens is 336 g/mol. The molecular formula is C13H17Cl2NO2PS+. The topological polar surface area (TPSA) is 38.3 Å². The van der Waals surface area contributed by atoms with Gasteiger partial charge in [0.1, 0.15) is 6.61 Å². The zero-order valence-corrected chi connectivity index (χ0v) is 14.6. The Kier molecular flexibility index (Phi) is 8.58. The van der Waals surface area contributed by atoms with Crippen LogP contribution in [-0.4, -0.2) is 6.61 Å². The van der Waals surface area contributed by atoms with Crippen molar-refractivity contribution in [3.63, 3.8) is 0 Å². The van der Waals surface area contributed by atoms with E-state index in [1.165, 1.54) is 0 Å². The molecule has 0 aliphatic carbocycles. The Morgan fingerprint density at radius 2 is 2.20 bits per heavy atom. The van der Waals surface area contributed by atoms with Crippen molar-refractivity contribution in [2.45, 2.75) is 26.0 Å². The highest BCUT2D eigenvalue weighted by Crippen LogP contribution is 2.27. The Balaban J connectivity index is 2.40. The summed E-state index contributed by atoms with van der Waals surface area (Å²) in [6, 6.07) is 5.57. The summed E-state index contributed by atoms with van der Waals surface area (Å²) in [5.74, 6) is 0.771. The molecule has 0 saturated heterocycles. The highest BCUT2D eigenvalue weighted by molar-refractivity contribution is 8.02. The predicted molar refractivity (Wildman–Crippen MR) is 88.5 cm³/mol. The molecule has 110 valence electrons. The average Bonchev–Trinajstić information content (AvgIpc) is 2.44. The molecule has 0 fully saturated rings. The first-order valence-corrected chi connectivity index (χ1v) is 9.04. The van der Waals surface area contributed by atoms with E-state index in [4.69, 9.17) is 27.7 Å². The lowest BCUT2D eigenvalue weighted by Gasteiger charge is -2.03. The molecule has 20 heavy (non-hydrogen) atoms. The standard InChI is InChI=1S/C13H17Cl2NO2PS/c1-3-6-18-19(17)16-8-10(2)20-9-11-4-5-12(14)13(15)7-11/h4-5,7-8H,3,6,9H2,1-2H3,(H,16,17)/q+1. The van der Waals surface area contributed by atoms with Crippen LogP contribution >= 0.6 is 43.1 Å². The number of rotatable bonds is 8. The van der Waals surface area contributed by atoms with Crippen LogP contribution in [0.15, 0.2) is 29.3 Å². The molecule has 1 aromatic rings. The molecule has 1 rings (SSSR count). The van der Waals surface area contributed by atoms with Crippen molar-refractivity contribution in [1.29, 1.82) is 0 Å². The van der Waals surface area contributed by atoms with Crippen LogP contribution in [0.25, 0.3) is 0 Å². The third-order valence-corrected chi connectivity index (χ3v) is 4.78. The lowest BCUT2D eigenvalue weighted by atomic mass is 10.2. The van der Waals surface area contributed by atoms with Crippen molar-refractivity contribution in [3.8, 4) is 0 Å². The number of hydrogen-bond acceptors (Lipinski definition) is 3. The minimum atomic E-state index is -1.82. The summed E-state index contributed by atoms with van der Waals surface area (Å²) in [5, 5.41) is 3.84. The van der Waals surface area contributed by atoms with Crippen LogP contribution in [0.4, 0.5) is 0 Å². The Labute approximate surface area is 135 Å². The summed E-state index contributed by atoms with van der Waals surface area (Å²) in [5.41, 5.74) is 1.09. The lowest BCUT2D eigenvalue weighted by Crippen LogP contribution is -1.96. The minimum absolute atomic E-state index is 0.492. The second kappa shape index (κ2) is 9.64. The predicted octanol–water partition coefficient (Wildman–Crippen LogP) is 5.76. The van der Waals surface area contributed by atoms with Gasteiger partial charge >= 0.3 is 8.18 Å². The largest absolute Gasteiger partial charge is 0.642 e. The zero-order chi connectivity index (χ0) is 15.0. The quantitative estimate of drug-likeness (QED) is 0.603. The second-order valence-corrected chi connectivity index (χ2v) is 7.08. The molecule has 0 aromatic heterocycles. The Morgan fingerprint density at radius 1 is 1.45 bits per heavy atom. The smallest absolute Gasteiger partial charge is 0.157 e. The third kappa shape index (κ3) is 6.96. The van der Waals surface area contributed by atoms with Gasteiger partial charge in [-0.25, -0.2) is 0 Å². The molecule has 1 N–H and O–H groups in total. The Morgan fingerprint density at radius 3 is 2.85 bits per heavy atom. The maximum absolute atomic E-state index is 11.4. The maximum atomic E-state index is 11.4. The molecule has 0 aliphatic heterocycles. The lowest BCUT2D eigenvalue weighted by molar-refractivity contribution is 0.325. The van der Waals surface area contributed by atoms with Gasteiger partial charge in [-0.1, -0.05) is 36.2 Å². The van der Waals surface area contributed by atoms with Crippen molar-refractivity contribution < 1.29 is 9.09 Å². The van der Waals surface area contributed by atoms with Gasteiger partial charge in [0.25, 0.3) is 0 Å². The van der Waals surface area contributed by atoms with Crippen LogP contribution < -0.4 is 5.09 Å². The van der Waals surface area contributed by atoms with Gasteiger partial charge < -0.3 is 0 Å². The van der Waals surface area contributed by atoms with Crippen molar-refractivity contribution in [2.24, 2.45) is 0 Å². The molecule has 0 radical (unpaired) electrons. The monoisotopic (exact) mass is 352 g/mol. The van der Waals surface area contributed by atoms with Crippen molar-refractivity contribution in [3.05, 3.63) is 44.9 Å². The van der Waals surface area contributed by atoms with Crippen LogP contribution in [-0.2, 0) is 14.8 Å². The SMILES string of the molecule is CCCO[P+](=O)NC=C(C)SCc1ccc(Cl)c(Cl)c1. The van der Waals surface area contributed by atoms with Gasteiger partial charge in [0.15, 0.2) is 0 Å². The summed E-state index contributed by atoms with van der Waals surface area (Å²) in [6.45, 7) is 4.40. The first kappa shape index (κ1) is 17.8. The number of thioether (sulfide) groups is 1. The fourth-order valence-electron chi connectivity index (χ4n) is 1.22. The van der Waals surface area contributed by atoms with Gasteiger partial charge in [-0.3, -0.25) is 0 Å². The van der Waals surface area contributed by atoms with E-state index in [1.54, 1.807) is 24.0 Å². The van der Waals surface area contributed by atoms with Gasteiger partial charge in [0.05, 0.1) is 16.2 Å². The summed E-state index contributed by atoms with van der Waals surface area (Å²) in [6.07, 6.45) is 2.55. The highest BCUT2D eigenvalue weighted by atomic mass is 35.5. The van der Waals surface area contributed by atoms with Gasteiger partial charge in [-0.15, -0.1) is 16.3 Å². The van der Waals surface area contributed by atoms with Crippen molar-refractivity contribution in [1.82, 2.24) is 5.09 Å². The minimum Gasteiger partial charge on any atom is -0.157 e. The number of halogens is 2. The molecule has 0 heterocycles. The summed E-state index contributed by atoms with van der Waals surface area (Å²) in [4.78, 5) is 1.01. The van der Waals surface area contributed by atoms with Crippen LogP contribution in [0.1, 0.15) is 25.8 Å². The Bertz CT molecular complexity index is 497. The van der Waals surface area contributed by atoms with Crippen LogP contribution in [0, 0.1) is 0 Å². The third-order valence-electron chi connectivity index (χ3n) is 2.24. The van der Waals surface area contributed by atoms with Gasteiger partial charge in [-0.05, 0) is 35.6 Å². The van der Waals surface area contributed by atoms with E-state index in [-0.39, 0.29) is 0 Å². The van der Waals surface area contributed by atoms with Crippen molar-refractivity contribution in [2.75, 3.05) is 6.61 Å². The first-order valence-electron chi connectivity index (χ1n) is 6.12. The number of hydrogen-bond donors (Lipinski definition) is 1. The van der Waals surface area contributed by atoms with E-state index in [2.05, 4.69) is 5.09 Å². The van der Waals surface area contributed by atoms with E-state index >= 15 is 0 Å². The molecule has 1 atom stereocenters. The molecule has 0 aliphatic rings. The Hall–Kier alpha value is -0.250. The van der Waals surface area contributed by atoms with Crippen molar-refractivity contribution >= 4 is 43.1 Å². The molecule has 3 nitrogen and oxygen atoms in total. The highest BCUT2D eigenvalue weighted by Gasteiger charge is 2.13. The fourth-order valence-corrected chi connectivity index (χ4v) is 3.07. The molecule has 0 bridgehead atoms. The molecule has 0 amide bonds. The van der Waals surface area contributed by atoms with E-state index in [0.717, 1.165) is 22.6 Å². The molecule has 0 saturated carbocycles. The number of nitrogens with one attached hydrogen (secondary N) is 1. The number of allylic oxidation sites excluding steroid dienone is 1. The van der Waals surface area contributed by atoms with E-state index < -0.39 is 8.18 Å². The number of benzene rings is 1. The maximum Gasteiger partial charge on any atom is 0.642 e. The molecule has 1 unspecified atom stereocenters. The molecule has 1 aromatic carbocycles. The van der Waals surface area contributed by atoms with Crippen LogP contribution in [0.3, 0.4) is 0 Å². The van der Waals surface area contributed by atoms with E-state index in [1.807, 2.05) is 26.0 Å². The second-order valence-electron chi connectivity index (χ2n) is 4.01. The normalized spacial score (nSPS) is 12.4. The summed E-state index contributed by atoms with van der Waals surface area (Å²) < 4.78 is 16.4. The van der Waals surface area contributed by atoms with Crippen LogP contribution in [0.5, 0.6) is 0 Å². The fraction of sp³-hybridized carbons (Fsp3) is 0.385. The molecule has 0 spiro atoms. The van der Waals surface area contributed by atoms with Gasteiger partial charge in [0.2, 0.25) is 0 Å².